The summed E-state index contributed by atoms with van der Waals surface area (Å²) in [6.45, 7) is 6.95. The van der Waals surface area contributed by atoms with Crippen molar-refractivity contribution in [2.24, 2.45) is 34.5 Å². The van der Waals surface area contributed by atoms with Crippen LogP contribution in [0.3, 0.4) is 0 Å². The summed E-state index contributed by atoms with van der Waals surface area (Å²) >= 11 is 0. The van der Waals surface area contributed by atoms with Gasteiger partial charge in [0.05, 0.1) is 10.8 Å². The van der Waals surface area contributed by atoms with Crippen LogP contribution in [0, 0.1) is 34.5 Å². The molecule has 0 amide bonds. The van der Waals surface area contributed by atoms with Crippen LogP contribution in [0.1, 0.15) is 118 Å². The Morgan fingerprint density at radius 1 is 0.647 bits per heavy atom. The van der Waals surface area contributed by atoms with Gasteiger partial charge in [-0.2, -0.15) is 0 Å². The predicted molar refractivity (Wildman–Crippen MR) is 131 cm³/mol. The molecule has 4 unspecified atom stereocenters. The van der Waals surface area contributed by atoms with Gasteiger partial charge in [0.1, 0.15) is 11.6 Å². The second-order valence-electron chi connectivity index (χ2n) is 12.2. The van der Waals surface area contributed by atoms with Crippen molar-refractivity contribution in [3.8, 4) is 0 Å². The molecule has 0 aromatic carbocycles. The molecule has 2 N–H and O–H groups in total. The number of ketones is 2. The first-order chi connectivity index (χ1) is 15.8. The van der Waals surface area contributed by atoms with Gasteiger partial charge < -0.3 is 10.2 Å². The minimum Gasteiger partial charge on any atom is -0.481 e. The molecular weight excluding hydrogens is 432 g/mol. The fourth-order valence-corrected chi connectivity index (χ4v) is 5.80. The quantitative estimate of drug-likeness (QED) is 0.321. The van der Waals surface area contributed by atoms with Gasteiger partial charge in [0.2, 0.25) is 0 Å². The standard InChI is InChI=1S/C28H46O6/c1-27(2,25(31)32)17-7-13-19-9-5-11-21(23(19)29)15-16-22-12-6-10-20(24(22)30)14-8-18-28(3,4)26(33)34/h19-22H,5-18H2,1-4H3,(H,31,32)(H,33,34). The average Bonchev–Trinajstić information content (AvgIpc) is 2.75. The van der Waals surface area contributed by atoms with Crippen molar-refractivity contribution < 1.29 is 29.4 Å². The lowest BCUT2D eigenvalue weighted by Gasteiger charge is -2.32. The lowest BCUT2D eigenvalue weighted by Crippen LogP contribution is -2.32. The molecule has 2 rings (SSSR count). The molecule has 2 aliphatic carbocycles. The molecule has 2 fully saturated rings. The van der Waals surface area contributed by atoms with Gasteiger partial charge in [0.25, 0.3) is 0 Å². The fourth-order valence-electron chi connectivity index (χ4n) is 5.80. The smallest absolute Gasteiger partial charge is 0.309 e. The van der Waals surface area contributed by atoms with Crippen LogP contribution in [0.5, 0.6) is 0 Å². The lowest BCUT2D eigenvalue weighted by atomic mass is 9.71. The van der Waals surface area contributed by atoms with E-state index in [-0.39, 0.29) is 23.7 Å². The Bertz CT molecular complexity index is 675. The molecule has 34 heavy (non-hydrogen) atoms. The van der Waals surface area contributed by atoms with Crippen LogP contribution >= 0.6 is 0 Å². The van der Waals surface area contributed by atoms with Crippen molar-refractivity contribution >= 4 is 23.5 Å². The third-order valence-electron chi connectivity index (χ3n) is 8.55. The van der Waals surface area contributed by atoms with Gasteiger partial charge in [-0.25, -0.2) is 0 Å². The highest BCUT2D eigenvalue weighted by Crippen LogP contribution is 2.37. The molecule has 0 heterocycles. The van der Waals surface area contributed by atoms with E-state index in [0.29, 0.717) is 24.4 Å². The van der Waals surface area contributed by atoms with E-state index in [9.17, 15) is 29.4 Å². The van der Waals surface area contributed by atoms with E-state index in [0.717, 1.165) is 77.0 Å². The molecule has 194 valence electrons. The molecule has 4 atom stereocenters. The first kappa shape index (κ1) is 28.5. The highest BCUT2D eigenvalue weighted by molar-refractivity contribution is 5.85. The van der Waals surface area contributed by atoms with E-state index < -0.39 is 22.8 Å². The Morgan fingerprint density at radius 2 is 0.941 bits per heavy atom. The molecular formula is C28H46O6. The van der Waals surface area contributed by atoms with Gasteiger partial charge in [-0.1, -0.05) is 25.7 Å². The van der Waals surface area contributed by atoms with Crippen LogP contribution < -0.4 is 0 Å². The summed E-state index contributed by atoms with van der Waals surface area (Å²) < 4.78 is 0. The number of carbonyl (C=O) groups is 4. The topological polar surface area (TPSA) is 109 Å². The van der Waals surface area contributed by atoms with Gasteiger partial charge >= 0.3 is 11.9 Å². The van der Waals surface area contributed by atoms with Gasteiger partial charge in [0, 0.05) is 23.7 Å². The molecule has 2 aliphatic rings. The van der Waals surface area contributed by atoms with E-state index in [2.05, 4.69) is 0 Å². The maximum Gasteiger partial charge on any atom is 0.309 e. The SMILES string of the molecule is CC(C)(CCCC1CCCC(CCC2CCCC(CCCC(C)(C)C(=O)O)C2=O)C1=O)C(=O)O. The van der Waals surface area contributed by atoms with Gasteiger partial charge in [-0.15, -0.1) is 0 Å². The Balaban J connectivity index is 1.79. The minimum absolute atomic E-state index is 0.0377. The van der Waals surface area contributed by atoms with Crippen LogP contribution in [-0.2, 0) is 19.2 Å². The van der Waals surface area contributed by atoms with Crippen molar-refractivity contribution in [3.63, 3.8) is 0 Å². The Kier molecular flexibility index (Phi) is 10.3. The van der Waals surface area contributed by atoms with E-state index in [1.807, 2.05) is 0 Å². The third kappa shape index (κ3) is 7.91. The maximum absolute atomic E-state index is 13.1. The number of carboxylic acids is 2. The maximum atomic E-state index is 13.1. The largest absolute Gasteiger partial charge is 0.481 e. The highest BCUT2D eigenvalue weighted by Gasteiger charge is 2.36. The van der Waals surface area contributed by atoms with E-state index >= 15 is 0 Å². The number of carboxylic acid groups (broad SMARTS) is 2. The van der Waals surface area contributed by atoms with Crippen molar-refractivity contribution in [1.82, 2.24) is 0 Å². The summed E-state index contributed by atoms with van der Waals surface area (Å²) in [4.78, 5) is 48.8. The zero-order valence-electron chi connectivity index (χ0n) is 21.7. The number of carbonyl (C=O) groups excluding carboxylic acids is 2. The third-order valence-corrected chi connectivity index (χ3v) is 8.55. The average molecular weight is 479 g/mol. The summed E-state index contributed by atoms with van der Waals surface area (Å²) in [5.41, 5.74) is -1.50. The minimum atomic E-state index is -0.790. The predicted octanol–water partition coefficient (Wildman–Crippen LogP) is 6.30. The lowest BCUT2D eigenvalue weighted by molar-refractivity contribution is -0.148. The van der Waals surface area contributed by atoms with Gasteiger partial charge in [0.15, 0.2) is 0 Å². The van der Waals surface area contributed by atoms with Crippen molar-refractivity contribution in [2.75, 3.05) is 0 Å². The second kappa shape index (κ2) is 12.3. The Labute approximate surface area is 205 Å². The number of hydrogen-bond donors (Lipinski definition) is 2. The number of rotatable bonds is 13. The van der Waals surface area contributed by atoms with Crippen LogP contribution in [0.15, 0.2) is 0 Å². The molecule has 6 heteroatoms. The summed E-state index contributed by atoms with van der Waals surface area (Å²) in [7, 11) is 0. The molecule has 0 spiro atoms. The fraction of sp³-hybridized carbons (Fsp3) is 0.857. The molecule has 0 bridgehead atoms. The van der Waals surface area contributed by atoms with Gasteiger partial charge in [-0.3, -0.25) is 19.2 Å². The number of aliphatic carboxylic acids is 2. The summed E-state index contributed by atoms with van der Waals surface area (Å²) in [5.74, 6) is -0.772. The monoisotopic (exact) mass is 478 g/mol. The Morgan fingerprint density at radius 3 is 1.24 bits per heavy atom. The molecule has 0 radical (unpaired) electrons. The van der Waals surface area contributed by atoms with E-state index in [1.54, 1.807) is 27.7 Å². The Hall–Kier alpha value is -1.72. The first-order valence-corrected chi connectivity index (χ1v) is 13.4. The van der Waals surface area contributed by atoms with Crippen LogP contribution in [0.25, 0.3) is 0 Å². The normalized spacial score (nSPS) is 26.5. The van der Waals surface area contributed by atoms with Crippen LogP contribution in [0.2, 0.25) is 0 Å². The first-order valence-electron chi connectivity index (χ1n) is 13.4. The summed E-state index contributed by atoms with van der Waals surface area (Å²) in [6.07, 6.45) is 11.5. The van der Waals surface area contributed by atoms with Gasteiger partial charge in [-0.05, 0) is 91.9 Å². The molecule has 6 nitrogen and oxygen atoms in total. The van der Waals surface area contributed by atoms with Crippen molar-refractivity contribution in [2.45, 2.75) is 118 Å². The van der Waals surface area contributed by atoms with E-state index in [1.165, 1.54) is 0 Å². The number of Topliss-reactive ketones (excluding diaryl/α,β-unsaturated/α-hetero) is 2. The molecule has 0 aliphatic heterocycles. The molecule has 2 saturated carbocycles. The molecule has 0 saturated heterocycles. The highest BCUT2D eigenvalue weighted by atomic mass is 16.4. The molecule has 0 aromatic rings. The van der Waals surface area contributed by atoms with Crippen molar-refractivity contribution in [1.29, 1.82) is 0 Å². The zero-order chi connectivity index (χ0) is 25.5. The zero-order valence-corrected chi connectivity index (χ0v) is 21.7. The van der Waals surface area contributed by atoms with Crippen LogP contribution in [-0.4, -0.2) is 33.7 Å². The second-order valence-corrected chi connectivity index (χ2v) is 12.2. The van der Waals surface area contributed by atoms with Crippen molar-refractivity contribution in [3.05, 3.63) is 0 Å². The summed E-state index contributed by atoms with van der Waals surface area (Å²) in [5, 5.41) is 18.6. The summed E-state index contributed by atoms with van der Waals surface area (Å²) in [6, 6.07) is 0. The van der Waals surface area contributed by atoms with Crippen LogP contribution in [0.4, 0.5) is 0 Å². The van der Waals surface area contributed by atoms with E-state index in [4.69, 9.17) is 0 Å². The number of hydrogen-bond acceptors (Lipinski definition) is 4. The molecule has 0 aromatic heterocycles.